The van der Waals surface area contributed by atoms with Gasteiger partial charge in [-0.3, -0.25) is 4.79 Å². The molecule has 0 bridgehead atoms. The first-order valence-electron chi connectivity index (χ1n) is 7.90. The summed E-state index contributed by atoms with van der Waals surface area (Å²) in [4.78, 5) is 16.9. The Balaban J connectivity index is 1.79. The maximum absolute atomic E-state index is 12.5. The molecule has 0 aliphatic rings. The van der Waals surface area contributed by atoms with Gasteiger partial charge < -0.3 is 10.1 Å². The molecular weight excluding hydrogens is 304 g/mol. The SMILES string of the molecule is CCOc1cc(C)ccc1CNC(=O)c1cnn2ccc(C)nc12. The van der Waals surface area contributed by atoms with E-state index in [0.717, 1.165) is 22.6 Å². The second-order valence-electron chi connectivity index (χ2n) is 5.62. The van der Waals surface area contributed by atoms with Crippen LogP contribution < -0.4 is 10.1 Å². The summed E-state index contributed by atoms with van der Waals surface area (Å²) in [5.41, 5.74) is 3.92. The van der Waals surface area contributed by atoms with Gasteiger partial charge in [-0.25, -0.2) is 9.50 Å². The zero-order valence-corrected chi connectivity index (χ0v) is 14.0. The van der Waals surface area contributed by atoms with Crippen molar-refractivity contribution in [3.05, 3.63) is 59.0 Å². The van der Waals surface area contributed by atoms with Crippen LogP contribution in [0.25, 0.3) is 5.65 Å². The topological polar surface area (TPSA) is 68.5 Å². The van der Waals surface area contributed by atoms with Gasteiger partial charge in [-0.05, 0) is 38.5 Å². The van der Waals surface area contributed by atoms with Gasteiger partial charge in [0, 0.05) is 24.0 Å². The number of nitrogens with one attached hydrogen (secondary N) is 1. The third kappa shape index (κ3) is 3.22. The highest BCUT2D eigenvalue weighted by atomic mass is 16.5. The predicted molar refractivity (Wildman–Crippen MR) is 91.2 cm³/mol. The number of hydrogen-bond acceptors (Lipinski definition) is 4. The fourth-order valence-electron chi connectivity index (χ4n) is 2.49. The van der Waals surface area contributed by atoms with Gasteiger partial charge >= 0.3 is 0 Å². The maximum atomic E-state index is 12.5. The molecule has 0 fully saturated rings. The highest BCUT2D eigenvalue weighted by Crippen LogP contribution is 2.20. The van der Waals surface area contributed by atoms with Gasteiger partial charge in [0.25, 0.3) is 5.91 Å². The Kier molecular flexibility index (Phi) is 4.46. The van der Waals surface area contributed by atoms with Crippen molar-refractivity contribution in [1.82, 2.24) is 19.9 Å². The van der Waals surface area contributed by atoms with Crippen molar-refractivity contribution in [1.29, 1.82) is 0 Å². The number of benzene rings is 1. The van der Waals surface area contributed by atoms with Gasteiger partial charge in [-0.1, -0.05) is 12.1 Å². The number of amides is 1. The van der Waals surface area contributed by atoms with E-state index in [9.17, 15) is 4.79 Å². The number of aromatic nitrogens is 3. The Bertz CT molecular complexity index is 886. The highest BCUT2D eigenvalue weighted by molar-refractivity contribution is 5.99. The number of carbonyl (C=O) groups excluding carboxylic acids is 1. The van der Waals surface area contributed by atoms with E-state index in [-0.39, 0.29) is 5.91 Å². The van der Waals surface area contributed by atoms with Gasteiger partial charge in [0.15, 0.2) is 5.65 Å². The maximum Gasteiger partial charge on any atom is 0.257 e. The van der Waals surface area contributed by atoms with Gasteiger partial charge in [0.2, 0.25) is 0 Å². The van der Waals surface area contributed by atoms with Crippen LogP contribution in [0, 0.1) is 13.8 Å². The molecule has 24 heavy (non-hydrogen) atoms. The molecule has 0 unspecified atom stereocenters. The molecule has 2 heterocycles. The predicted octanol–water partition coefficient (Wildman–Crippen LogP) is 2.67. The summed E-state index contributed by atoms with van der Waals surface area (Å²) >= 11 is 0. The molecule has 6 heteroatoms. The van der Waals surface area contributed by atoms with Crippen molar-refractivity contribution < 1.29 is 9.53 Å². The van der Waals surface area contributed by atoms with Gasteiger partial charge in [0.05, 0.1) is 12.8 Å². The summed E-state index contributed by atoms with van der Waals surface area (Å²) in [6, 6.07) is 7.80. The van der Waals surface area contributed by atoms with E-state index in [1.807, 2.05) is 45.0 Å². The molecule has 0 aliphatic heterocycles. The highest BCUT2D eigenvalue weighted by Gasteiger charge is 2.14. The van der Waals surface area contributed by atoms with E-state index in [4.69, 9.17) is 4.74 Å². The lowest BCUT2D eigenvalue weighted by molar-refractivity contribution is 0.0952. The number of ether oxygens (including phenoxy) is 1. The standard InChI is InChI=1S/C18H20N4O2/c1-4-24-16-9-12(2)5-6-14(16)10-19-18(23)15-11-20-22-8-7-13(3)21-17(15)22/h5-9,11H,4,10H2,1-3H3,(H,19,23). The zero-order chi connectivity index (χ0) is 17.1. The average Bonchev–Trinajstić information content (AvgIpc) is 2.97. The third-order valence-corrected chi connectivity index (χ3v) is 3.71. The molecule has 6 nitrogen and oxygen atoms in total. The molecule has 1 amide bonds. The normalized spacial score (nSPS) is 10.8. The molecule has 2 aromatic heterocycles. The lowest BCUT2D eigenvalue weighted by Crippen LogP contribution is -2.23. The minimum absolute atomic E-state index is 0.203. The summed E-state index contributed by atoms with van der Waals surface area (Å²) < 4.78 is 7.24. The number of nitrogens with zero attached hydrogens (tertiary/aromatic N) is 3. The van der Waals surface area contributed by atoms with E-state index in [1.54, 1.807) is 10.7 Å². The molecule has 124 valence electrons. The fourth-order valence-corrected chi connectivity index (χ4v) is 2.49. The molecule has 0 aliphatic carbocycles. The van der Waals surface area contributed by atoms with E-state index in [2.05, 4.69) is 15.4 Å². The van der Waals surface area contributed by atoms with Crippen LogP contribution in [0.3, 0.4) is 0 Å². The van der Waals surface area contributed by atoms with Crippen molar-refractivity contribution in [2.24, 2.45) is 0 Å². The lowest BCUT2D eigenvalue weighted by Gasteiger charge is -2.12. The van der Waals surface area contributed by atoms with E-state index in [1.165, 1.54) is 6.20 Å². The summed E-state index contributed by atoms with van der Waals surface area (Å²) in [6.45, 7) is 6.81. The van der Waals surface area contributed by atoms with Gasteiger partial charge in [0.1, 0.15) is 11.3 Å². The van der Waals surface area contributed by atoms with E-state index in [0.29, 0.717) is 24.4 Å². The van der Waals surface area contributed by atoms with E-state index >= 15 is 0 Å². The molecule has 0 saturated carbocycles. The number of carbonyl (C=O) groups is 1. The van der Waals surface area contributed by atoms with Gasteiger partial charge in [-0.15, -0.1) is 0 Å². The van der Waals surface area contributed by atoms with Crippen LogP contribution in [0.2, 0.25) is 0 Å². The number of rotatable bonds is 5. The molecule has 0 atom stereocenters. The van der Waals surface area contributed by atoms with Crippen molar-refractivity contribution in [2.75, 3.05) is 6.61 Å². The third-order valence-electron chi connectivity index (χ3n) is 3.71. The van der Waals surface area contributed by atoms with Crippen LogP contribution >= 0.6 is 0 Å². The zero-order valence-electron chi connectivity index (χ0n) is 14.0. The monoisotopic (exact) mass is 324 g/mol. The molecule has 1 N–H and O–H groups in total. The first-order valence-corrected chi connectivity index (χ1v) is 7.90. The Morgan fingerprint density at radius 3 is 2.92 bits per heavy atom. The smallest absolute Gasteiger partial charge is 0.257 e. The van der Waals surface area contributed by atoms with Crippen LogP contribution in [0.15, 0.2) is 36.7 Å². The summed E-state index contributed by atoms with van der Waals surface area (Å²) in [7, 11) is 0. The number of aryl methyl sites for hydroxylation is 2. The molecule has 0 spiro atoms. The van der Waals surface area contributed by atoms with Crippen molar-refractivity contribution >= 4 is 11.6 Å². The lowest BCUT2D eigenvalue weighted by atomic mass is 10.1. The minimum atomic E-state index is -0.203. The fraction of sp³-hybridized carbons (Fsp3) is 0.278. The van der Waals surface area contributed by atoms with E-state index < -0.39 is 0 Å². The van der Waals surface area contributed by atoms with Crippen LogP contribution in [0.1, 0.15) is 34.1 Å². The quantitative estimate of drug-likeness (QED) is 0.783. The van der Waals surface area contributed by atoms with Crippen LogP contribution in [-0.4, -0.2) is 27.1 Å². The molecular formula is C18H20N4O2. The Morgan fingerprint density at radius 2 is 2.12 bits per heavy atom. The minimum Gasteiger partial charge on any atom is -0.494 e. The van der Waals surface area contributed by atoms with Crippen LogP contribution in [0.5, 0.6) is 5.75 Å². The van der Waals surface area contributed by atoms with Crippen molar-refractivity contribution in [3.8, 4) is 5.75 Å². The Morgan fingerprint density at radius 1 is 1.29 bits per heavy atom. The number of fused-ring (bicyclic) bond motifs is 1. The first-order chi connectivity index (χ1) is 11.6. The number of hydrogen-bond donors (Lipinski definition) is 1. The Hall–Kier alpha value is -2.89. The Labute approximate surface area is 140 Å². The molecule has 3 aromatic rings. The largest absolute Gasteiger partial charge is 0.494 e. The van der Waals surface area contributed by atoms with Gasteiger partial charge in [-0.2, -0.15) is 5.10 Å². The van der Waals surface area contributed by atoms with Crippen molar-refractivity contribution in [3.63, 3.8) is 0 Å². The van der Waals surface area contributed by atoms with Crippen LogP contribution in [0.4, 0.5) is 0 Å². The average molecular weight is 324 g/mol. The molecule has 0 radical (unpaired) electrons. The summed E-state index contributed by atoms with van der Waals surface area (Å²) in [5.74, 6) is 0.595. The molecule has 1 aromatic carbocycles. The van der Waals surface area contributed by atoms with Crippen molar-refractivity contribution in [2.45, 2.75) is 27.3 Å². The summed E-state index contributed by atoms with van der Waals surface area (Å²) in [5, 5.41) is 7.08. The van der Waals surface area contributed by atoms with Crippen LogP contribution in [-0.2, 0) is 6.54 Å². The summed E-state index contributed by atoms with van der Waals surface area (Å²) in [6.07, 6.45) is 3.33. The molecule has 3 rings (SSSR count). The molecule has 0 saturated heterocycles. The second-order valence-corrected chi connectivity index (χ2v) is 5.62. The second kappa shape index (κ2) is 6.70. The first kappa shape index (κ1) is 16.0.